The zero-order chi connectivity index (χ0) is 19.6. The van der Waals surface area contributed by atoms with Crippen LogP contribution in [0.5, 0.6) is 17.2 Å². The zero-order valence-corrected chi connectivity index (χ0v) is 16.4. The van der Waals surface area contributed by atoms with Crippen LogP contribution in [0.4, 0.5) is 4.79 Å². The van der Waals surface area contributed by atoms with E-state index in [0.717, 1.165) is 11.3 Å². The molecule has 146 valence electrons. The molecule has 0 radical (unpaired) electrons. The predicted octanol–water partition coefficient (Wildman–Crippen LogP) is 3.71. The van der Waals surface area contributed by atoms with Crippen LogP contribution >= 0.6 is 0 Å². The van der Waals surface area contributed by atoms with Crippen molar-refractivity contribution < 1.29 is 19.0 Å². The van der Waals surface area contributed by atoms with Gasteiger partial charge in [-0.3, -0.25) is 0 Å². The number of hydrogen-bond acceptors (Lipinski definition) is 4. The molecule has 6 heteroatoms. The highest BCUT2D eigenvalue weighted by atomic mass is 16.5. The van der Waals surface area contributed by atoms with E-state index in [-0.39, 0.29) is 6.03 Å². The molecule has 2 N–H and O–H groups in total. The lowest BCUT2D eigenvalue weighted by atomic mass is 10.0. The summed E-state index contributed by atoms with van der Waals surface area (Å²) in [5, 5.41) is 5.58. The number of benzene rings is 2. The monoisotopic (exact) mass is 372 g/mol. The maximum atomic E-state index is 11.9. The first-order valence-electron chi connectivity index (χ1n) is 8.99. The van der Waals surface area contributed by atoms with Gasteiger partial charge in [0, 0.05) is 6.54 Å². The lowest BCUT2D eigenvalue weighted by Crippen LogP contribution is -2.37. The molecule has 0 aromatic heterocycles. The average Bonchev–Trinajstić information content (AvgIpc) is 2.69. The molecule has 0 aliphatic carbocycles. The third-order valence-electron chi connectivity index (χ3n) is 4.10. The highest BCUT2D eigenvalue weighted by molar-refractivity contribution is 5.73. The van der Waals surface area contributed by atoms with E-state index in [0.29, 0.717) is 37.1 Å². The van der Waals surface area contributed by atoms with E-state index in [1.165, 1.54) is 5.56 Å². The van der Waals surface area contributed by atoms with Crippen molar-refractivity contribution >= 4 is 6.03 Å². The first kappa shape index (κ1) is 20.4. The predicted molar refractivity (Wildman–Crippen MR) is 106 cm³/mol. The van der Waals surface area contributed by atoms with Gasteiger partial charge in [0.25, 0.3) is 0 Å². The van der Waals surface area contributed by atoms with Crippen molar-refractivity contribution in [1.82, 2.24) is 10.6 Å². The van der Waals surface area contributed by atoms with Gasteiger partial charge in [-0.05, 0) is 41.3 Å². The Labute approximate surface area is 160 Å². The summed E-state index contributed by atoms with van der Waals surface area (Å²) in [6.45, 7) is 5.53. The van der Waals surface area contributed by atoms with Crippen molar-refractivity contribution in [2.75, 3.05) is 27.4 Å². The van der Waals surface area contributed by atoms with E-state index in [4.69, 9.17) is 14.2 Å². The Balaban J connectivity index is 1.69. The van der Waals surface area contributed by atoms with Crippen LogP contribution in [0, 0.1) is 0 Å². The largest absolute Gasteiger partial charge is 0.493 e. The fourth-order valence-electron chi connectivity index (χ4n) is 2.52. The van der Waals surface area contributed by atoms with E-state index in [1.54, 1.807) is 14.2 Å². The summed E-state index contributed by atoms with van der Waals surface area (Å²) in [4.78, 5) is 11.9. The standard InChI is InChI=1S/C21H28N2O4/c1-15(2)17-6-8-18(9-7-17)27-12-11-22-21(24)23-14-16-5-10-19(25-3)20(13-16)26-4/h5-10,13,15H,11-12,14H2,1-4H3,(H2,22,23,24). The van der Waals surface area contributed by atoms with Gasteiger partial charge >= 0.3 is 6.03 Å². The smallest absolute Gasteiger partial charge is 0.315 e. The number of amides is 2. The Morgan fingerprint density at radius 3 is 2.30 bits per heavy atom. The van der Waals surface area contributed by atoms with Crippen LogP contribution in [0.2, 0.25) is 0 Å². The summed E-state index contributed by atoms with van der Waals surface area (Å²) >= 11 is 0. The number of carbonyl (C=O) groups is 1. The minimum atomic E-state index is -0.247. The zero-order valence-electron chi connectivity index (χ0n) is 16.4. The molecule has 0 atom stereocenters. The maximum Gasteiger partial charge on any atom is 0.315 e. The molecule has 0 saturated carbocycles. The molecule has 0 heterocycles. The maximum absolute atomic E-state index is 11.9. The molecule has 2 aromatic rings. The topological polar surface area (TPSA) is 68.8 Å². The molecule has 6 nitrogen and oxygen atoms in total. The van der Waals surface area contributed by atoms with Gasteiger partial charge in [-0.1, -0.05) is 32.0 Å². The van der Waals surface area contributed by atoms with Gasteiger partial charge in [0.15, 0.2) is 11.5 Å². The average molecular weight is 372 g/mol. The Kier molecular flexibility index (Phi) is 7.79. The van der Waals surface area contributed by atoms with Crippen molar-refractivity contribution in [1.29, 1.82) is 0 Å². The van der Waals surface area contributed by atoms with Gasteiger partial charge < -0.3 is 24.8 Å². The lowest BCUT2D eigenvalue weighted by molar-refractivity contribution is 0.236. The van der Waals surface area contributed by atoms with Gasteiger partial charge in [0.2, 0.25) is 0 Å². The van der Waals surface area contributed by atoms with Crippen molar-refractivity contribution in [3.63, 3.8) is 0 Å². The van der Waals surface area contributed by atoms with Crippen molar-refractivity contribution in [2.45, 2.75) is 26.3 Å². The molecule has 0 unspecified atom stereocenters. The second-order valence-electron chi connectivity index (χ2n) is 6.37. The number of ether oxygens (including phenoxy) is 3. The van der Waals surface area contributed by atoms with Crippen molar-refractivity contribution in [2.24, 2.45) is 0 Å². The Morgan fingerprint density at radius 1 is 0.963 bits per heavy atom. The number of hydrogen-bond donors (Lipinski definition) is 2. The second kappa shape index (κ2) is 10.3. The normalized spacial score (nSPS) is 10.4. The molecule has 27 heavy (non-hydrogen) atoms. The summed E-state index contributed by atoms with van der Waals surface area (Å²) in [6, 6.07) is 13.3. The van der Waals surface area contributed by atoms with Crippen LogP contribution < -0.4 is 24.8 Å². The Hall–Kier alpha value is -2.89. The summed E-state index contributed by atoms with van der Waals surface area (Å²) in [7, 11) is 3.17. The summed E-state index contributed by atoms with van der Waals surface area (Å²) in [5.41, 5.74) is 2.19. The minimum absolute atomic E-state index is 0.247. The van der Waals surface area contributed by atoms with Crippen molar-refractivity contribution in [3.05, 3.63) is 53.6 Å². The number of methoxy groups -OCH3 is 2. The van der Waals surface area contributed by atoms with Gasteiger partial charge in [-0.2, -0.15) is 0 Å². The first-order valence-corrected chi connectivity index (χ1v) is 8.99. The van der Waals surface area contributed by atoms with E-state index in [2.05, 4.69) is 36.6 Å². The molecule has 0 spiro atoms. The van der Waals surface area contributed by atoms with E-state index >= 15 is 0 Å². The van der Waals surface area contributed by atoms with Gasteiger partial charge in [0.05, 0.1) is 20.8 Å². The van der Waals surface area contributed by atoms with Gasteiger partial charge in [-0.25, -0.2) is 4.79 Å². The number of urea groups is 1. The molecule has 2 aromatic carbocycles. The third kappa shape index (κ3) is 6.40. The van der Waals surface area contributed by atoms with Crippen LogP contribution in [0.25, 0.3) is 0 Å². The quantitative estimate of drug-likeness (QED) is 0.659. The fraction of sp³-hybridized carbons (Fsp3) is 0.381. The first-order chi connectivity index (χ1) is 13.0. The number of rotatable bonds is 9. The molecule has 0 aliphatic heterocycles. The molecule has 2 amide bonds. The van der Waals surface area contributed by atoms with E-state index in [9.17, 15) is 4.79 Å². The second-order valence-corrected chi connectivity index (χ2v) is 6.37. The Bertz CT molecular complexity index is 729. The van der Waals surface area contributed by atoms with Crippen molar-refractivity contribution in [3.8, 4) is 17.2 Å². The third-order valence-corrected chi connectivity index (χ3v) is 4.10. The molecule has 2 rings (SSSR count). The lowest BCUT2D eigenvalue weighted by Gasteiger charge is -2.12. The van der Waals surface area contributed by atoms with Crippen LogP contribution in [0.1, 0.15) is 30.9 Å². The summed E-state index contributed by atoms with van der Waals surface area (Å²) in [6.07, 6.45) is 0. The highest BCUT2D eigenvalue weighted by Crippen LogP contribution is 2.27. The fourth-order valence-corrected chi connectivity index (χ4v) is 2.52. The SMILES string of the molecule is COc1ccc(CNC(=O)NCCOc2ccc(C(C)C)cc2)cc1OC. The minimum Gasteiger partial charge on any atom is -0.493 e. The molecule has 0 aliphatic rings. The van der Waals surface area contributed by atoms with Crippen LogP contribution in [0.3, 0.4) is 0 Å². The molecular weight excluding hydrogens is 344 g/mol. The van der Waals surface area contributed by atoms with E-state index in [1.807, 2.05) is 30.3 Å². The van der Waals surface area contributed by atoms with Gasteiger partial charge in [0.1, 0.15) is 12.4 Å². The molecule has 0 saturated heterocycles. The van der Waals surface area contributed by atoms with Crippen LogP contribution in [-0.4, -0.2) is 33.4 Å². The number of nitrogens with one attached hydrogen (secondary N) is 2. The van der Waals surface area contributed by atoms with E-state index < -0.39 is 0 Å². The summed E-state index contributed by atoms with van der Waals surface area (Å²) in [5.74, 6) is 2.58. The highest BCUT2D eigenvalue weighted by Gasteiger charge is 2.06. The summed E-state index contributed by atoms with van der Waals surface area (Å²) < 4.78 is 16.1. The number of carbonyl (C=O) groups excluding carboxylic acids is 1. The van der Waals surface area contributed by atoms with Crippen LogP contribution in [-0.2, 0) is 6.54 Å². The van der Waals surface area contributed by atoms with Crippen LogP contribution in [0.15, 0.2) is 42.5 Å². The molecule has 0 fully saturated rings. The van der Waals surface area contributed by atoms with Gasteiger partial charge in [-0.15, -0.1) is 0 Å². The molecular formula is C21H28N2O4. The Morgan fingerprint density at radius 2 is 1.67 bits per heavy atom. The molecule has 0 bridgehead atoms.